The Balaban J connectivity index is 1.67. The van der Waals surface area contributed by atoms with Crippen molar-refractivity contribution >= 4 is 18.0 Å². The number of methoxy groups -OCH3 is 1. The Morgan fingerprint density at radius 1 is 0.909 bits per heavy atom. The van der Waals surface area contributed by atoms with E-state index in [4.69, 9.17) is 9.47 Å². The van der Waals surface area contributed by atoms with E-state index < -0.39 is 30.1 Å². The van der Waals surface area contributed by atoms with Gasteiger partial charge in [0, 0.05) is 24.7 Å². The lowest BCUT2D eigenvalue weighted by Crippen LogP contribution is -2.53. The summed E-state index contributed by atoms with van der Waals surface area (Å²) >= 11 is 0. The summed E-state index contributed by atoms with van der Waals surface area (Å²) in [5, 5.41) is 5.27. The van der Waals surface area contributed by atoms with Crippen LogP contribution < -0.4 is 10.6 Å². The molecule has 1 aromatic heterocycles. The van der Waals surface area contributed by atoms with Crippen LogP contribution in [0, 0.1) is 0 Å². The molecular formula is C24H26N4O5. The first-order valence-electron chi connectivity index (χ1n) is 10.4. The van der Waals surface area contributed by atoms with Gasteiger partial charge in [-0.25, -0.2) is 14.6 Å². The number of carbonyl (C=O) groups is 3. The van der Waals surface area contributed by atoms with E-state index in [0.717, 1.165) is 11.1 Å². The Bertz CT molecular complexity index is 1030. The standard InChI is InChI=1S/C24H26N4O5/c1-32-23(30)21(12-17-8-4-2-5-9-17)27-22(29)20(13-19-14-25-16-26-19)28-24(31)33-15-18-10-6-3-7-11-18/h2-11,14,16,20-21H,12-13,15H2,1H3,(H,25,26)(H,27,29)(H,28,31)/t20-,21-/m1/s1. The molecule has 0 aliphatic rings. The molecule has 2 atom stereocenters. The van der Waals surface area contributed by atoms with Crippen LogP contribution in [-0.4, -0.2) is 47.1 Å². The van der Waals surface area contributed by atoms with Crippen LogP contribution in [0.2, 0.25) is 0 Å². The zero-order valence-corrected chi connectivity index (χ0v) is 18.2. The van der Waals surface area contributed by atoms with Gasteiger partial charge in [-0.2, -0.15) is 0 Å². The fourth-order valence-corrected chi connectivity index (χ4v) is 3.19. The largest absolute Gasteiger partial charge is 0.467 e. The van der Waals surface area contributed by atoms with Crippen molar-refractivity contribution in [1.82, 2.24) is 20.6 Å². The molecule has 9 heteroatoms. The average Bonchev–Trinajstić information content (AvgIpc) is 3.36. The number of ether oxygens (including phenoxy) is 2. The van der Waals surface area contributed by atoms with E-state index in [9.17, 15) is 14.4 Å². The molecule has 0 saturated carbocycles. The molecule has 0 bridgehead atoms. The maximum Gasteiger partial charge on any atom is 0.408 e. The summed E-state index contributed by atoms with van der Waals surface area (Å²) in [5.41, 5.74) is 2.31. The molecule has 0 saturated heterocycles. The molecule has 172 valence electrons. The van der Waals surface area contributed by atoms with Crippen molar-refractivity contribution in [1.29, 1.82) is 0 Å². The number of alkyl carbamates (subject to hydrolysis) is 1. The number of amides is 2. The van der Waals surface area contributed by atoms with Gasteiger partial charge in [-0.15, -0.1) is 0 Å². The highest BCUT2D eigenvalue weighted by atomic mass is 16.5. The number of hydrogen-bond donors (Lipinski definition) is 3. The second-order valence-electron chi connectivity index (χ2n) is 7.31. The molecule has 0 unspecified atom stereocenters. The number of aromatic amines is 1. The van der Waals surface area contributed by atoms with E-state index in [2.05, 4.69) is 20.6 Å². The molecule has 2 aromatic carbocycles. The lowest BCUT2D eigenvalue weighted by Gasteiger charge is -2.22. The summed E-state index contributed by atoms with van der Waals surface area (Å²) in [7, 11) is 1.26. The summed E-state index contributed by atoms with van der Waals surface area (Å²) in [6, 6.07) is 16.5. The maximum atomic E-state index is 13.1. The number of aromatic nitrogens is 2. The van der Waals surface area contributed by atoms with Gasteiger partial charge in [0.1, 0.15) is 18.7 Å². The lowest BCUT2D eigenvalue weighted by atomic mass is 10.0. The maximum absolute atomic E-state index is 13.1. The van der Waals surface area contributed by atoms with Gasteiger partial charge < -0.3 is 25.1 Å². The smallest absolute Gasteiger partial charge is 0.408 e. The van der Waals surface area contributed by atoms with Crippen LogP contribution in [0.25, 0.3) is 0 Å². The molecule has 2 amide bonds. The molecule has 0 radical (unpaired) electrons. The highest BCUT2D eigenvalue weighted by Gasteiger charge is 2.28. The summed E-state index contributed by atoms with van der Waals surface area (Å²) in [6.07, 6.45) is 2.65. The molecule has 3 aromatic rings. The van der Waals surface area contributed by atoms with Crippen molar-refractivity contribution < 1.29 is 23.9 Å². The predicted molar refractivity (Wildman–Crippen MR) is 120 cm³/mol. The fourth-order valence-electron chi connectivity index (χ4n) is 3.19. The first-order valence-corrected chi connectivity index (χ1v) is 10.4. The van der Waals surface area contributed by atoms with Crippen molar-refractivity contribution in [2.45, 2.75) is 31.5 Å². The van der Waals surface area contributed by atoms with Crippen LogP contribution in [0.1, 0.15) is 16.8 Å². The molecular weight excluding hydrogens is 424 g/mol. The van der Waals surface area contributed by atoms with E-state index >= 15 is 0 Å². The molecule has 0 fully saturated rings. The first-order chi connectivity index (χ1) is 16.0. The minimum Gasteiger partial charge on any atom is -0.467 e. The van der Waals surface area contributed by atoms with E-state index in [-0.39, 0.29) is 19.4 Å². The van der Waals surface area contributed by atoms with Crippen LogP contribution in [-0.2, 0) is 38.5 Å². The summed E-state index contributed by atoms with van der Waals surface area (Å²) in [5.74, 6) is -1.13. The van der Waals surface area contributed by atoms with Gasteiger partial charge in [0.25, 0.3) is 0 Å². The number of H-pyrrole nitrogens is 1. The molecule has 0 aliphatic carbocycles. The van der Waals surface area contributed by atoms with Crippen LogP contribution in [0.5, 0.6) is 0 Å². The first kappa shape index (κ1) is 23.5. The minimum absolute atomic E-state index is 0.0594. The number of imidazole rings is 1. The Kier molecular flexibility index (Phi) is 8.58. The molecule has 33 heavy (non-hydrogen) atoms. The average molecular weight is 450 g/mol. The Labute approximate surface area is 191 Å². The van der Waals surface area contributed by atoms with E-state index in [1.807, 2.05) is 60.7 Å². The van der Waals surface area contributed by atoms with Gasteiger partial charge in [-0.1, -0.05) is 60.7 Å². The molecule has 1 heterocycles. The van der Waals surface area contributed by atoms with Crippen molar-refractivity contribution in [3.05, 3.63) is 90.0 Å². The van der Waals surface area contributed by atoms with Gasteiger partial charge in [0.15, 0.2) is 0 Å². The van der Waals surface area contributed by atoms with E-state index in [0.29, 0.717) is 5.69 Å². The summed E-state index contributed by atoms with van der Waals surface area (Å²) in [4.78, 5) is 44.6. The summed E-state index contributed by atoms with van der Waals surface area (Å²) < 4.78 is 10.1. The second kappa shape index (κ2) is 12.0. The third-order valence-corrected chi connectivity index (χ3v) is 4.89. The zero-order valence-electron chi connectivity index (χ0n) is 18.2. The minimum atomic E-state index is -1.00. The van der Waals surface area contributed by atoms with Crippen LogP contribution in [0.3, 0.4) is 0 Å². The van der Waals surface area contributed by atoms with E-state index in [1.165, 1.54) is 13.4 Å². The van der Waals surface area contributed by atoms with Gasteiger partial charge in [-0.05, 0) is 11.1 Å². The van der Waals surface area contributed by atoms with Crippen LogP contribution in [0.4, 0.5) is 4.79 Å². The number of carbonyl (C=O) groups excluding carboxylic acids is 3. The van der Waals surface area contributed by atoms with Crippen molar-refractivity contribution in [3.63, 3.8) is 0 Å². The number of rotatable bonds is 10. The highest BCUT2D eigenvalue weighted by Crippen LogP contribution is 2.07. The predicted octanol–water partition coefficient (Wildman–Crippen LogP) is 2.15. The number of nitrogens with one attached hydrogen (secondary N) is 3. The lowest BCUT2D eigenvalue weighted by molar-refractivity contribution is -0.145. The van der Waals surface area contributed by atoms with Crippen molar-refractivity contribution in [3.8, 4) is 0 Å². The fraction of sp³-hybridized carbons (Fsp3) is 0.250. The third kappa shape index (κ3) is 7.49. The molecule has 3 rings (SSSR count). The Morgan fingerprint density at radius 2 is 1.58 bits per heavy atom. The van der Waals surface area contributed by atoms with Crippen LogP contribution >= 0.6 is 0 Å². The molecule has 0 aliphatic heterocycles. The van der Waals surface area contributed by atoms with Gasteiger partial charge in [-0.3, -0.25) is 4.79 Å². The number of benzene rings is 2. The molecule has 0 spiro atoms. The van der Waals surface area contributed by atoms with Crippen LogP contribution in [0.15, 0.2) is 73.2 Å². The van der Waals surface area contributed by atoms with E-state index in [1.54, 1.807) is 6.20 Å². The number of esters is 1. The Hall–Kier alpha value is -4.14. The summed E-state index contributed by atoms with van der Waals surface area (Å²) in [6.45, 7) is 0.0594. The third-order valence-electron chi connectivity index (χ3n) is 4.89. The Morgan fingerprint density at radius 3 is 2.18 bits per heavy atom. The number of nitrogens with zero attached hydrogens (tertiary/aromatic N) is 1. The SMILES string of the molecule is COC(=O)[C@@H](Cc1ccccc1)NC(=O)[C@@H](Cc1cnc[nH]1)NC(=O)OCc1ccccc1. The van der Waals surface area contributed by atoms with Gasteiger partial charge >= 0.3 is 12.1 Å². The van der Waals surface area contributed by atoms with Gasteiger partial charge in [0.05, 0.1) is 13.4 Å². The molecule has 3 N–H and O–H groups in total. The normalized spacial score (nSPS) is 12.3. The monoisotopic (exact) mass is 450 g/mol. The van der Waals surface area contributed by atoms with Crippen molar-refractivity contribution in [2.75, 3.05) is 7.11 Å². The van der Waals surface area contributed by atoms with Gasteiger partial charge in [0.2, 0.25) is 5.91 Å². The topological polar surface area (TPSA) is 122 Å². The molecule has 9 nitrogen and oxygen atoms in total. The zero-order chi connectivity index (χ0) is 23.5. The quantitative estimate of drug-likeness (QED) is 0.407. The number of hydrogen-bond acceptors (Lipinski definition) is 6. The highest BCUT2D eigenvalue weighted by molar-refractivity contribution is 5.90. The second-order valence-corrected chi connectivity index (χ2v) is 7.31. The van der Waals surface area contributed by atoms with Crippen molar-refractivity contribution in [2.24, 2.45) is 0 Å².